The van der Waals surface area contributed by atoms with E-state index >= 15 is 0 Å². The van der Waals surface area contributed by atoms with Gasteiger partial charge in [-0.1, -0.05) is 327 Å². The van der Waals surface area contributed by atoms with E-state index in [9.17, 15) is 0 Å². The quantitative estimate of drug-likeness (QED) is 0.107. The van der Waals surface area contributed by atoms with Gasteiger partial charge in [-0.25, -0.2) is 0 Å². The molecule has 2 heteroatoms. The lowest BCUT2D eigenvalue weighted by molar-refractivity contribution is 0.590. The van der Waals surface area contributed by atoms with Gasteiger partial charge < -0.3 is 9.80 Å². The van der Waals surface area contributed by atoms with E-state index in [-0.39, 0.29) is 10.8 Å². The monoisotopic (exact) mass is 1220 g/mol. The van der Waals surface area contributed by atoms with Crippen molar-refractivity contribution < 1.29 is 0 Å². The average Bonchev–Trinajstić information content (AvgIpc) is 1.58. The van der Waals surface area contributed by atoms with Crippen molar-refractivity contribution in [3.05, 3.63) is 385 Å². The van der Waals surface area contributed by atoms with E-state index in [4.69, 9.17) is 0 Å². The minimum atomic E-state index is -0.813. The highest BCUT2D eigenvalue weighted by Gasteiger charge is 2.47. The zero-order valence-corrected chi connectivity index (χ0v) is 54.9. The Morgan fingerprint density at radius 1 is 0.211 bits per heavy atom. The molecule has 0 heterocycles. The van der Waals surface area contributed by atoms with Gasteiger partial charge in [0.2, 0.25) is 0 Å². The summed E-state index contributed by atoms with van der Waals surface area (Å²) in [6.45, 7) is 14.0. The van der Waals surface area contributed by atoms with Crippen LogP contribution in [0.2, 0.25) is 0 Å². The lowest BCUT2D eigenvalue weighted by atomic mass is 9.67. The maximum atomic E-state index is 2.60. The molecule has 1 aliphatic carbocycles. The lowest BCUT2D eigenvalue weighted by Crippen LogP contribution is -2.29. The van der Waals surface area contributed by atoms with Gasteiger partial charge in [0.05, 0.1) is 16.8 Å². The molecule has 0 spiro atoms. The highest BCUT2D eigenvalue weighted by molar-refractivity contribution is 6.02. The van der Waals surface area contributed by atoms with Crippen molar-refractivity contribution in [3.8, 4) is 77.9 Å². The Hall–Kier alpha value is -11.3. The number of anilines is 6. The average molecular weight is 1220 g/mol. The number of hydrogen-bond donors (Lipinski definition) is 0. The molecule has 0 aromatic heterocycles. The Bertz CT molecular complexity index is 4590. The second-order valence-corrected chi connectivity index (χ2v) is 27.2. The molecule has 458 valence electrons. The molecule has 0 atom stereocenters. The Morgan fingerprint density at radius 2 is 0.474 bits per heavy atom. The number of fused-ring (bicyclic) bond motifs is 3. The number of benzene rings is 14. The molecule has 2 nitrogen and oxygen atoms in total. The Morgan fingerprint density at radius 3 is 0.779 bits per heavy atom. The summed E-state index contributed by atoms with van der Waals surface area (Å²) in [5.41, 5.74) is 28.4. The van der Waals surface area contributed by atoms with Gasteiger partial charge in [-0.2, -0.15) is 0 Å². The summed E-state index contributed by atoms with van der Waals surface area (Å²) in [6, 6.07) is 131. The van der Waals surface area contributed by atoms with Gasteiger partial charge in [0, 0.05) is 45.0 Å². The van der Waals surface area contributed by atoms with Crippen molar-refractivity contribution in [2.45, 2.75) is 57.8 Å². The first-order valence-electron chi connectivity index (χ1n) is 33.3. The van der Waals surface area contributed by atoms with Gasteiger partial charge in [0.25, 0.3) is 0 Å². The molecule has 15 rings (SSSR count). The van der Waals surface area contributed by atoms with E-state index < -0.39 is 5.41 Å². The summed E-state index contributed by atoms with van der Waals surface area (Å²) >= 11 is 0. The third kappa shape index (κ3) is 11.3. The molecule has 14 aromatic carbocycles. The molecule has 1 aliphatic rings. The van der Waals surface area contributed by atoms with Crippen LogP contribution < -0.4 is 9.80 Å². The molecule has 14 aromatic rings. The van der Waals surface area contributed by atoms with Crippen LogP contribution in [0, 0.1) is 0 Å². The largest absolute Gasteiger partial charge is 0.309 e. The van der Waals surface area contributed by atoms with Gasteiger partial charge >= 0.3 is 0 Å². The van der Waals surface area contributed by atoms with Crippen LogP contribution in [0.3, 0.4) is 0 Å². The summed E-state index contributed by atoms with van der Waals surface area (Å²) in [4.78, 5) is 5.19. The molecular weight excluding hydrogens is 1150 g/mol. The van der Waals surface area contributed by atoms with Crippen molar-refractivity contribution in [1.82, 2.24) is 0 Å². The normalized spacial score (nSPS) is 12.4. The smallest absolute Gasteiger partial charge is 0.0715 e. The fourth-order valence-electron chi connectivity index (χ4n) is 14.4. The second-order valence-electron chi connectivity index (χ2n) is 27.2. The van der Waals surface area contributed by atoms with Crippen molar-refractivity contribution >= 4 is 34.1 Å². The summed E-state index contributed by atoms with van der Waals surface area (Å²) in [5.74, 6) is 0. The summed E-state index contributed by atoms with van der Waals surface area (Å²) < 4.78 is 0. The second kappa shape index (κ2) is 25.0. The third-order valence-corrected chi connectivity index (χ3v) is 19.2. The predicted molar refractivity (Wildman–Crippen MR) is 403 cm³/mol. The fourth-order valence-corrected chi connectivity index (χ4v) is 14.4. The van der Waals surface area contributed by atoms with Crippen LogP contribution in [0.5, 0.6) is 0 Å². The van der Waals surface area contributed by atoms with E-state index in [1.165, 1.54) is 38.9 Å². The van der Waals surface area contributed by atoms with Crippen LogP contribution in [-0.2, 0) is 16.2 Å². The highest BCUT2D eigenvalue weighted by atomic mass is 15.2. The fraction of sp³-hybridized carbons (Fsp3) is 0.0968. The van der Waals surface area contributed by atoms with Crippen molar-refractivity contribution in [1.29, 1.82) is 0 Å². The highest BCUT2D eigenvalue weighted by Crippen LogP contribution is 2.60. The van der Waals surface area contributed by atoms with Crippen LogP contribution in [0.15, 0.2) is 352 Å². The van der Waals surface area contributed by atoms with Gasteiger partial charge in [0.1, 0.15) is 0 Å². The SMILES string of the molecule is CC(C)(C)c1cc(-c2ccccc2)c(N(c2ccc(-c3ccccc3)cc2)c2cc(N(c3ccc(-c4ccccc4)cc3)c3c(-c4ccccc4)cc(C(C)(C)C)cc3-c3ccccc3)cc(C3(c4ccccc4)c4ccccc4-c4ccccc43)c2)c(-c2ccccc2)c1. The molecule has 0 radical (unpaired) electrons. The lowest BCUT2D eigenvalue weighted by Gasteiger charge is -2.38. The zero-order valence-electron chi connectivity index (χ0n) is 54.9. The molecule has 0 amide bonds. The number of hydrogen-bond acceptors (Lipinski definition) is 2. The first kappa shape index (κ1) is 60.0. The zero-order chi connectivity index (χ0) is 64.7. The van der Waals surface area contributed by atoms with E-state index in [0.717, 1.165) is 106 Å². The van der Waals surface area contributed by atoms with Gasteiger partial charge in [-0.05, 0) is 167 Å². The van der Waals surface area contributed by atoms with Crippen LogP contribution >= 0.6 is 0 Å². The predicted octanol–water partition coefficient (Wildman–Crippen LogP) is 25.6. The minimum absolute atomic E-state index is 0.196. The van der Waals surface area contributed by atoms with Gasteiger partial charge in [-0.3, -0.25) is 0 Å². The molecule has 0 N–H and O–H groups in total. The Kier molecular flexibility index (Phi) is 15.7. The van der Waals surface area contributed by atoms with Crippen LogP contribution in [0.4, 0.5) is 34.1 Å². The minimum Gasteiger partial charge on any atom is -0.309 e. The number of rotatable bonds is 14. The van der Waals surface area contributed by atoms with Gasteiger partial charge in [0.15, 0.2) is 0 Å². The van der Waals surface area contributed by atoms with Crippen molar-refractivity contribution in [2.24, 2.45) is 0 Å². The van der Waals surface area contributed by atoms with Crippen molar-refractivity contribution in [2.75, 3.05) is 9.80 Å². The summed E-state index contributed by atoms with van der Waals surface area (Å²) in [6.07, 6.45) is 0. The third-order valence-electron chi connectivity index (χ3n) is 19.2. The number of nitrogens with zero attached hydrogens (tertiary/aromatic N) is 2. The topological polar surface area (TPSA) is 6.48 Å². The molecule has 0 aliphatic heterocycles. The van der Waals surface area contributed by atoms with Crippen LogP contribution in [0.25, 0.3) is 77.9 Å². The molecule has 0 saturated carbocycles. The van der Waals surface area contributed by atoms with Gasteiger partial charge in [-0.15, -0.1) is 0 Å². The first-order valence-corrected chi connectivity index (χ1v) is 33.3. The Labute approximate surface area is 561 Å². The molecule has 95 heavy (non-hydrogen) atoms. The standard InChI is InChI=1S/C93H76N2/c1-91(2,3)74-60-83(69-36-18-9-19-37-69)89(84(61-74)70-38-20-10-21-39-70)94(77-54-50-67(51-55-77)65-32-14-7-15-33-65)79-58-76(93(73-44-26-13-27-45-73)87-48-30-28-46-81(87)82-47-29-31-49-88(82)93)59-80(64-79)95(78-56-52-68(53-57-78)66-34-16-8-17-35-66)90-85(71-40-22-11-23-41-71)62-75(92(4,5)6)63-86(90)72-42-24-12-25-43-72/h7-64H,1-6H3. The van der Waals surface area contributed by atoms with E-state index in [2.05, 4.69) is 403 Å². The summed E-state index contributed by atoms with van der Waals surface area (Å²) in [5, 5.41) is 0. The molecule has 0 saturated heterocycles. The molecule has 0 unspecified atom stereocenters. The molecular formula is C93H76N2. The van der Waals surface area contributed by atoms with E-state index in [1.54, 1.807) is 0 Å². The van der Waals surface area contributed by atoms with E-state index in [1.807, 2.05) is 0 Å². The van der Waals surface area contributed by atoms with Crippen molar-refractivity contribution in [3.63, 3.8) is 0 Å². The Balaban J connectivity index is 1.15. The van der Waals surface area contributed by atoms with Crippen LogP contribution in [0.1, 0.15) is 74.9 Å². The van der Waals surface area contributed by atoms with Crippen LogP contribution in [-0.4, -0.2) is 0 Å². The summed E-state index contributed by atoms with van der Waals surface area (Å²) in [7, 11) is 0. The maximum absolute atomic E-state index is 2.60. The maximum Gasteiger partial charge on any atom is 0.0715 e. The molecule has 0 fully saturated rings. The molecule has 0 bridgehead atoms. The first-order chi connectivity index (χ1) is 46.4. The van der Waals surface area contributed by atoms with E-state index in [0.29, 0.717) is 0 Å².